The van der Waals surface area contributed by atoms with Gasteiger partial charge in [0.1, 0.15) is 0 Å². The first-order valence-electron chi connectivity index (χ1n) is 7.94. The molecular weight excluding hydrogens is 296 g/mol. The molecule has 0 amide bonds. The summed E-state index contributed by atoms with van der Waals surface area (Å²) < 4.78 is 0. The molecule has 23 heavy (non-hydrogen) atoms. The lowest BCUT2D eigenvalue weighted by atomic mass is 9.84. The Morgan fingerprint density at radius 1 is 0.565 bits per heavy atom. The quantitative estimate of drug-likeness (QED) is 0.466. The predicted octanol–water partition coefficient (Wildman–Crippen LogP) is 5.20. The van der Waals surface area contributed by atoms with Gasteiger partial charge in [0, 0.05) is 0 Å². The number of hydrogen-bond donors (Lipinski definition) is 0. The molecule has 2 heteroatoms. The summed E-state index contributed by atoms with van der Waals surface area (Å²) in [6.45, 7) is 3.83. The van der Waals surface area contributed by atoms with Crippen molar-refractivity contribution >= 4 is 8.32 Å². The van der Waals surface area contributed by atoms with Gasteiger partial charge in [-0.15, -0.1) is 0 Å². The van der Waals surface area contributed by atoms with E-state index in [2.05, 4.69) is 36.4 Å². The van der Waals surface area contributed by atoms with Crippen molar-refractivity contribution < 1.29 is 4.80 Å². The van der Waals surface area contributed by atoms with Gasteiger partial charge in [0.25, 0.3) is 0 Å². The SMILES string of the molecule is C[Si](C)([O])C(c1ccccc1)(c1ccccc1)c1ccccc1. The Labute approximate surface area is 139 Å². The molecule has 115 valence electrons. The van der Waals surface area contributed by atoms with Gasteiger partial charge in [-0.05, 0) is 29.8 Å². The average Bonchev–Trinajstić information content (AvgIpc) is 2.57. The molecule has 0 aliphatic rings. The van der Waals surface area contributed by atoms with Gasteiger partial charge in [-0.25, -0.2) is 0 Å². The predicted molar refractivity (Wildman–Crippen MR) is 97.4 cm³/mol. The summed E-state index contributed by atoms with van der Waals surface area (Å²) in [5.41, 5.74) is 3.26. The van der Waals surface area contributed by atoms with E-state index in [1.807, 2.05) is 67.7 Å². The van der Waals surface area contributed by atoms with Crippen LogP contribution in [-0.2, 0) is 9.83 Å². The normalized spacial score (nSPS) is 12.1. The first-order valence-corrected chi connectivity index (χ1v) is 10.8. The Kier molecular flexibility index (Phi) is 4.20. The third kappa shape index (κ3) is 2.65. The highest BCUT2D eigenvalue weighted by molar-refractivity contribution is 6.74. The summed E-state index contributed by atoms with van der Waals surface area (Å²) in [5, 5.41) is -0.600. The molecule has 0 bridgehead atoms. The second-order valence-corrected chi connectivity index (χ2v) is 10.1. The zero-order chi connectivity index (χ0) is 16.3. The zero-order valence-corrected chi connectivity index (χ0v) is 14.6. The van der Waals surface area contributed by atoms with Crippen LogP contribution in [0.2, 0.25) is 13.1 Å². The third-order valence-electron chi connectivity index (χ3n) is 4.52. The largest absolute Gasteiger partial charge is 0.296 e. The van der Waals surface area contributed by atoms with Crippen molar-refractivity contribution in [1.82, 2.24) is 0 Å². The lowest BCUT2D eigenvalue weighted by molar-refractivity contribution is 0.402. The lowest BCUT2D eigenvalue weighted by Crippen LogP contribution is -2.52. The van der Waals surface area contributed by atoms with Gasteiger partial charge in [-0.3, -0.25) is 4.80 Å². The molecule has 0 aliphatic heterocycles. The second-order valence-electron chi connectivity index (χ2n) is 6.36. The molecule has 0 N–H and O–H groups in total. The fraction of sp³-hybridized carbons (Fsp3) is 0.143. The minimum absolute atomic E-state index is 0.600. The monoisotopic (exact) mass is 317 g/mol. The fourth-order valence-electron chi connectivity index (χ4n) is 3.61. The van der Waals surface area contributed by atoms with Crippen molar-refractivity contribution in [2.45, 2.75) is 18.1 Å². The van der Waals surface area contributed by atoms with Crippen LogP contribution in [0.1, 0.15) is 16.7 Å². The van der Waals surface area contributed by atoms with Crippen LogP contribution in [0.3, 0.4) is 0 Å². The van der Waals surface area contributed by atoms with Gasteiger partial charge >= 0.3 is 0 Å². The van der Waals surface area contributed by atoms with Gasteiger partial charge < -0.3 is 0 Å². The van der Waals surface area contributed by atoms with Crippen molar-refractivity contribution in [3.63, 3.8) is 0 Å². The van der Waals surface area contributed by atoms with Crippen LogP contribution in [0.4, 0.5) is 0 Å². The summed E-state index contributed by atoms with van der Waals surface area (Å²) in [7, 11) is -2.91. The molecule has 0 saturated carbocycles. The first-order chi connectivity index (χ1) is 11.1. The maximum absolute atomic E-state index is 13.7. The zero-order valence-electron chi connectivity index (χ0n) is 13.6. The molecule has 0 spiro atoms. The van der Waals surface area contributed by atoms with Gasteiger partial charge in [0.2, 0.25) is 8.32 Å². The van der Waals surface area contributed by atoms with Crippen molar-refractivity contribution in [2.24, 2.45) is 0 Å². The highest BCUT2D eigenvalue weighted by atomic mass is 28.4. The van der Waals surface area contributed by atoms with E-state index in [0.29, 0.717) is 0 Å². The highest BCUT2D eigenvalue weighted by Gasteiger charge is 2.52. The number of hydrogen-bond acceptors (Lipinski definition) is 0. The van der Waals surface area contributed by atoms with Crippen LogP contribution in [0.25, 0.3) is 0 Å². The summed E-state index contributed by atoms with van der Waals surface area (Å²) in [5.74, 6) is 0. The summed E-state index contributed by atoms with van der Waals surface area (Å²) in [4.78, 5) is 13.7. The van der Waals surface area contributed by atoms with Crippen LogP contribution in [0, 0.1) is 0 Å². The molecule has 0 saturated heterocycles. The fourth-order valence-corrected chi connectivity index (χ4v) is 6.19. The van der Waals surface area contributed by atoms with E-state index in [0.717, 1.165) is 16.7 Å². The van der Waals surface area contributed by atoms with Gasteiger partial charge in [0.15, 0.2) is 0 Å². The number of benzene rings is 3. The lowest BCUT2D eigenvalue weighted by Gasteiger charge is -2.42. The summed E-state index contributed by atoms with van der Waals surface area (Å²) in [6, 6.07) is 30.7. The van der Waals surface area contributed by atoms with Crippen LogP contribution in [-0.4, -0.2) is 8.32 Å². The van der Waals surface area contributed by atoms with Crippen LogP contribution >= 0.6 is 0 Å². The van der Waals surface area contributed by atoms with E-state index in [4.69, 9.17) is 0 Å². The van der Waals surface area contributed by atoms with E-state index in [9.17, 15) is 4.80 Å². The molecule has 0 unspecified atom stereocenters. The van der Waals surface area contributed by atoms with Crippen LogP contribution < -0.4 is 0 Å². The van der Waals surface area contributed by atoms with Crippen LogP contribution in [0.5, 0.6) is 0 Å². The molecule has 1 nitrogen and oxygen atoms in total. The van der Waals surface area contributed by atoms with Gasteiger partial charge in [-0.1, -0.05) is 91.0 Å². The Balaban J connectivity index is 2.41. The topological polar surface area (TPSA) is 19.9 Å². The van der Waals surface area contributed by atoms with Gasteiger partial charge in [-0.2, -0.15) is 0 Å². The second kappa shape index (κ2) is 6.15. The minimum Gasteiger partial charge on any atom is -0.296 e. The third-order valence-corrected chi connectivity index (χ3v) is 7.20. The molecule has 1 radical (unpaired) electrons. The summed E-state index contributed by atoms with van der Waals surface area (Å²) in [6.07, 6.45) is 0. The average molecular weight is 317 g/mol. The smallest absolute Gasteiger partial charge is 0.250 e. The van der Waals surface area contributed by atoms with Crippen molar-refractivity contribution in [2.75, 3.05) is 0 Å². The minimum atomic E-state index is -2.91. The first kappa shape index (κ1) is 15.7. The molecule has 3 aromatic rings. The van der Waals surface area contributed by atoms with E-state index in [1.54, 1.807) is 0 Å². The molecule has 0 aromatic heterocycles. The molecular formula is C21H21OSi. The standard InChI is InChI=1S/C21H21OSi/c1-23(2,22)21(18-12-6-3-7-13-18,19-14-8-4-9-15-19)20-16-10-5-11-17-20/h3-17H,1-2H3. The molecule has 0 aliphatic carbocycles. The molecule has 0 fully saturated rings. The molecule has 0 atom stereocenters. The Morgan fingerprint density at radius 3 is 1.04 bits per heavy atom. The van der Waals surface area contributed by atoms with Crippen molar-refractivity contribution in [3.05, 3.63) is 108 Å². The van der Waals surface area contributed by atoms with E-state index < -0.39 is 13.4 Å². The molecule has 3 rings (SSSR count). The Hall–Kier alpha value is -2.16. The Bertz CT molecular complexity index is 649. The molecule has 0 heterocycles. The maximum Gasteiger partial charge on any atom is 0.250 e. The summed E-state index contributed by atoms with van der Waals surface area (Å²) >= 11 is 0. The maximum atomic E-state index is 13.7. The van der Waals surface area contributed by atoms with Crippen LogP contribution in [0.15, 0.2) is 91.0 Å². The highest BCUT2D eigenvalue weighted by Crippen LogP contribution is 2.45. The van der Waals surface area contributed by atoms with E-state index >= 15 is 0 Å². The van der Waals surface area contributed by atoms with E-state index in [1.165, 1.54) is 0 Å². The van der Waals surface area contributed by atoms with E-state index in [-0.39, 0.29) is 0 Å². The van der Waals surface area contributed by atoms with Crippen molar-refractivity contribution in [3.8, 4) is 0 Å². The van der Waals surface area contributed by atoms with Crippen molar-refractivity contribution in [1.29, 1.82) is 0 Å². The number of rotatable bonds is 4. The molecule has 3 aromatic carbocycles. The van der Waals surface area contributed by atoms with Gasteiger partial charge in [0.05, 0.1) is 5.04 Å². The Morgan fingerprint density at radius 2 is 0.826 bits per heavy atom.